The van der Waals surface area contributed by atoms with Crippen molar-refractivity contribution in [2.75, 3.05) is 6.61 Å². The summed E-state index contributed by atoms with van der Waals surface area (Å²) in [7, 11) is 2.00. The van der Waals surface area contributed by atoms with E-state index in [0.717, 1.165) is 29.3 Å². The fourth-order valence-electron chi connectivity index (χ4n) is 1.70. The van der Waals surface area contributed by atoms with Crippen LogP contribution < -0.4 is 4.74 Å². The second kappa shape index (κ2) is 3.26. The molecule has 3 rings (SSSR count). The Labute approximate surface area is 88.7 Å². The van der Waals surface area contributed by atoms with Crippen molar-refractivity contribution < 1.29 is 4.74 Å². The number of benzene rings is 1. The third-order valence-corrected chi connectivity index (χ3v) is 2.88. The van der Waals surface area contributed by atoms with Gasteiger partial charge in [0.05, 0.1) is 24.0 Å². The maximum atomic E-state index is 5.70. The van der Waals surface area contributed by atoms with Crippen LogP contribution in [0, 0.1) is 5.92 Å². The van der Waals surface area contributed by atoms with Gasteiger partial charge in [-0.25, -0.2) is 4.98 Å². The highest BCUT2D eigenvalue weighted by molar-refractivity contribution is 5.76. The maximum Gasteiger partial charge on any atom is 0.121 e. The molecule has 0 spiro atoms. The van der Waals surface area contributed by atoms with E-state index in [1.54, 1.807) is 0 Å². The van der Waals surface area contributed by atoms with E-state index in [9.17, 15) is 0 Å². The van der Waals surface area contributed by atoms with Crippen LogP contribution in [0.15, 0.2) is 24.5 Å². The van der Waals surface area contributed by atoms with Crippen LogP contribution in [-0.4, -0.2) is 16.2 Å². The van der Waals surface area contributed by atoms with Crippen molar-refractivity contribution in [3.05, 3.63) is 24.5 Å². The van der Waals surface area contributed by atoms with Gasteiger partial charge < -0.3 is 9.30 Å². The number of fused-ring (bicyclic) bond motifs is 1. The van der Waals surface area contributed by atoms with Crippen molar-refractivity contribution in [2.45, 2.75) is 12.8 Å². The van der Waals surface area contributed by atoms with Crippen molar-refractivity contribution in [1.82, 2.24) is 9.55 Å². The first kappa shape index (κ1) is 8.77. The summed E-state index contributed by atoms with van der Waals surface area (Å²) in [5.74, 6) is 1.73. The Morgan fingerprint density at radius 2 is 2.33 bits per heavy atom. The fraction of sp³-hybridized carbons (Fsp3) is 0.417. The highest BCUT2D eigenvalue weighted by Gasteiger charge is 2.21. The molecule has 1 aromatic heterocycles. The largest absolute Gasteiger partial charge is 0.493 e. The second-order valence-electron chi connectivity index (χ2n) is 4.26. The van der Waals surface area contributed by atoms with E-state index in [1.165, 1.54) is 12.8 Å². The molecule has 3 nitrogen and oxygen atoms in total. The van der Waals surface area contributed by atoms with Crippen molar-refractivity contribution in [1.29, 1.82) is 0 Å². The monoisotopic (exact) mass is 202 g/mol. The molecule has 0 saturated heterocycles. The zero-order chi connectivity index (χ0) is 10.3. The van der Waals surface area contributed by atoms with Gasteiger partial charge in [0.2, 0.25) is 0 Å². The molecule has 78 valence electrons. The van der Waals surface area contributed by atoms with Gasteiger partial charge in [-0.3, -0.25) is 0 Å². The van der Waals surface area contributed by atoms with Gasteiger partial charge in [0.1, 0.15) is 5.75 Å². The number of ether oxygens (including phenoxy) is 1. The topological polar surface area (TPSA) is 27.1 Å². The maximum absolute atomic E-state index is 5.70. The van der Waals surface area contributed by atoms with E-state index in [2.05, 4.69) is 11.1 Å². The van der Waals surface area contributed by atoms with Crippen molar-refractivity contribution in [2.24, 2.45) is 13.0 Å². The van der Waals surface area contributed by atoms with Crippen LogP contribution in [-0.2, 0) is 7.05 Å². The third-order valence-electron chi connectivity index (χ3n) is 2.88. The molecule has 0 unspecified atom stereocenters. The lowest BCUT2D eigenvalue weighted by Crippen LogP contribution is -1.98. The number of hydrogen-bond acceptors (Lipinski definition) is 2. The summed E-state index contributed by atoms with van der Waals surface area (Å²) in [5, 5.41) is 0. The molecule has 0 bridgehead atoms. The molecule has 0 aliphatic heterocycles. The molecule has 3 heteroatoms. The fourth-order valence-corrected chi connectivity index (χ4v) is 1.70. The van der Waals surface area contributed by atoms with Gasteiger partial charge in [-0.1, -0.05) is 0 Å². The number of rotatable bonds is 3. The predicted octanol–water partition coefficient (Wildman–Crippen LogP) is 2.36. The highest BCUT2D eigenvalue weighted by atomic mass is 16.5. The molecule has 1 fully saturated rings. The van der Waals surface area contributed by atoms with Crippen LogP contribution in [0.25, 0.3) is 11.0 Å². The first-order chi connectivity index (χ1) is 7.33. The molecule has 1 aromatic carbocycles. The smallest absolute Gasteiger partial charge is 0.121 e. The molecule has 0 N–H and O–H groups in total. The number of imidazole rings is 1. The minimum Gasteiger partial charge on any atom is -0.493 e. The van der Waals surface area contributed by atoms with Gasteiger partial charge in [0, 0.05) is 13.1 Å². The number of aromatic nitrogens is 2. The van der Waals surface area contributed by atoms with E-state index < -0.39 is 0 Å². The summed E-state index contributed by atoms with van der Waals surface area (Å²) in [6, 6.07) is 6.09. The summed E-state index contributed by atoms with van der Waals surface area (Å²) < 4.78 is 7.71. The summed E-state index contributed by atoms with van der Waals surface area (Å²) in [6.07, 6.45) is 4.48. The van der Waals surface area contributed by atoms with Crippen LogP contribution in [0.4, 0.5) is 0 Å². The summed E-state index contributed by atoms with van der Waals surface area (Å²) in [6.45, 7) is 0.859. The molecule has 0 amide bonds. The molecule has 1 heterocycles. The van der Waals surface area contributed by atoms with Gasteiger partial charge in [0.15, 0.2) is 0 Å². The van der Waals surface area contributed by atoms with E-state index in [0.29, 0.717) is 0 Å². The Morgan fingerprint density at radius 1 is 1.47 bits per heavy atom. The third kappa shape index (κ3) is 1.69. The Morgan fingerprint density at radius 3 is 3.13 bits per heavy atom. The first-order valence-electron chi connectivity index (χ1n) is 5.37. The Hall–Kier alpha value is -1.51. The van der Waals surface area contributed by atoms with E-state index >= 15 is 0 Å². The number of hydrogen-bond donors (Lipinski definition) is 0. The minimum atomic E-state index is 0.796. The lowest BCUT2D eigenvalue weighted by molar-refractivity contribution is 0.300. The summed E-state index contributed by atoms with van der Waals surface area (Å²) in [5.41, 5.74) is 2.15. The quantitative estimate of drug-likeness (QED) is 0.764. The SMILES string of the molecule is Cn1cnc2cc(OCC3CC3)ccc21. The number of aryl methyl sites for hydroxylation is 1. The van der Waals surface area contributed by atoms with Gasteiger partial charge in [-0.05, 0) is 30.9 Å². The van der Waals surface area contributed by atoms with Crippen LogP contribution in [0.5, 0.6) is 5.75 Å². The van der Waals surface area contributed by atoms with Gasteiger partial charge in [0.25, 0.3) is 0 Å². The summed E-state index contributed by atoms with van der Waals surface area (Å²) in [4.78, 5) is 4.30. The molecule has 1 aliphatic carbocycles. The highest BCUT2D eigenvalue weighted by Crippen LogP contribution is 2.30. The molecular formula is C12H14N2O. The van der Waals surface area contributed by atoms with E-state index in [-0.39, 0.29) is 0 Å². The molecule has 1 aliphatic rings. The molecule has 1 saturated carbocycles. The molecular weight excluding hydrogens is 188 g/mol. The second-order valence-corrected chi connectivity index (χ2v) is 4.26. The van der Waals surface area contributed by atoms with Crippen LogP contribution in [0.1, 0.15) is 12.8 Å². The van der Waals surface area contributed by atoms with Gasteiger partial charge >= 0.3 is 0 Å². The van der Waals surface area contributed by atoms with Crippen LogP contribution in [0.2, 0.25) is 0 Å². The molecule has 15 heavy (non-hydrogen) atoms. The van der Waals surface area contributed by atoms with E-state index in [4.69, 9.17) is 4.74 Å². The molecule has 2 aromatic rings. The van der Waals surface area contributed by atoms with Gasteiger partial charge in [-0.2, -0.15) is 0 Å². The average molecular weight is 202 g/mol. The Bertz CT molecular complexity index is 485. The standard InChI is InChI=1S/C12H14N2O/c1-14-8-13-11-6-10(4-5-12(11)14)15-7-9-2-3-9/h4-6,8-9H,2-3,7H2,1H3. The summed E-state index contributed by atoms with van der Waals surface area (Å²) >= 11 is 0. The molecule has 0 atom stereocenters. The van der Waals surface area contributed by atoms with Crippen LogP contribution >= 0.6 is 0 Å². The van der Waals surface area contributed by atoms with E-state index in [1.807, 2.05) is 30.1 Å². The zero-order valence-electron chi connectivity index (χ0n) is 8.81. The zero-order valence-corrected chi connectivity index (χ0v) is 8.81. The van der Waals surface area contributed by atoms with Crippen molar-refractivity contribution >= 4 is 11.0 Å². The first-order valence-corrected chi connectivity index (χ1v) is 5.37. The lowest BCUT2D eigenvalue weighted by atomic mass is 10.3. The average Bonchev–Trinajstić information content (AvgIpc) is 3.01. The Balaban J connectivity index is 1.85. The molecule has 0 radical (unpaired) electrons. The normalized spacial score (nSPS) is 15.8. The van der Waals surface area contributed by atoms with Gasteiger partial charge in [-0.15, -0.1) is 0 Å². The Kier molecular flexibility index (Phi) is 1.91. The lowest BCUT2D eigenvalue weighted by Gasteiger charge is -2.04. The van der Waals surface area contributed by atoms with Crippen LogP contribution in [0.3, 0.4) is 0 Å². The van der Waals surface area contributed by atoms with Crippen molar-refractivity contribution in [3.63, 3.8) is 0 Å². The predicted molar refractivity (Wildman–Crippen MR) is 58.9 cm³/mol. The van der Waals surface area contributed by atoms with Crippen molar-refractivity contribution in [3.8, 4) is 5.75 Å². The minimum absolute atomic E-state index is 0.796. The number of nitrogens with zero attached hydrogens (tertiary/aromatic N) is 2.